The first kappa shape index (κ1) is 27.0. The molecule has 2 aliphatic rings. The Bertz CT molecular complexity index is 1340. The van der Waals surface area contributed by atoms with Crippen molar-refractivity contribution in [1.82, 2.24) is 20.2 Å². The van der Waals surface area contributed by atoms with E-state index in [2.05, 4.69) is 10.3 Å². The first-order valence-corrected chi connectivity index (χ1v) is 13.2. The molecule has 0 radical (unpaired) electrons. The lowest BCUT2D eigenvalue weighted by molar-refractivity contribution is 0.0240. The van der Waals surface area contributed by atoms with E-state index in [1.54, 1.807) is 11.1 Å². The Labute approximate surface area is 226 Å². The van der Waals surface area contributed by atoms with Gasteiger partial charge in [-0.25, -0.2) is 23.5 Å². The number of ether oxygens (including phenoxy) is 2. The molecule has 4 heterocycles. The van der Waals surface area contributed by atoms with Gasteiger partial charge in [0.15, 0.2) is 0 Å². The van der Waals surface area contributed by atoms with Crippen LogP contribution in [0.5, 0.6) is 0 Å². The average molecular weight is 541 g/mol. The normalized spacial score (nSPS) is 18.4. The summed E-state index contributed by atoms with van der Waals surface area (Å²) in [6.45, 7) is 10.9. The fraction of sp³-hybridized carbons (Fsp3) is 0.464. The monoisotopic (exact) mass is 540 g/mol. The number of benzene rings is 1. The lowest BCUT2D eigenvalue weighted by Crippen LogP contribution is -2.50. The van der Waals surface area contributed by atoms with E-state index in [1.807, 2.05) is 55.7 Å². The zero-order valence-corrected chi connectivity index (χ0v) is 22.7. The molecule has 0 bridgehead atoms. The van der Waals surface area contributed by atoms with Gasteiger partial charge >= 0.3 is 6.09 Å². The summed E-state index contributed by atoms with van der Waals surface area (Å²) in [6.07, 6.45) is 0.835. The van der Waals surface area contributed by atoms with E-state index in [0.717, 1.165) is 6.07 Å². The van der Waals surface area contributed by atoms with Crippen LogP contribution >= 0.6 is 0 Å². The Morgan fingerprint density at radius 2 is 1.95 bits per heavy atom. The molecule has 11 heteroatoms. The second kappa shape index (κ2) is 10.9. The maximum absolute atomic E-state index is 15.5. The lowest BCUT2D eigenvalue weighted by atomic mass is 10.0. The quantitative estimate of drug-likeness (QED) is 0.523. The van der Waals surface area contributed by atoms with Crippen molar-refractivity contribution in [2.75, 3.05) is 55.7 Å². The summed E-state index contributed by atoms with van der Waals surface area (Å²) in [7, 11) is 0. The largest absolute Gasteiger partial charge is 0.444 e. The third kappa shape index (κ3) is 5.74. The molecule has 5 rings (SSSR count). The number of anilines is 3. The summed E-state index contributed by atoms with van der Waals surface area (Å²) in [5.41, 5.74) is 0.842. The number of fused-ring (bicyclic) bond motifs is 1. The van der Waals surface area contributed by atoms with Gasteiger partial charge in [0.1, 0.15) is 35.1 Å². The molecule has 208 valence electrons. The van der Waals surface area contributed by atoms with E-state index in [0.29, 0.717) is 68.8 Å². The summed E-state index contributed by atoms with van der Waals surface area (Å²) in [6, 6.07) is 7.63. The highest BCUT2D eigenvalue weighted by Gasteiger charge is 2.33. The number of piperazine rings is 1. The van der Waals surface area contributed by atoms with Crippen molar-refractivity contribution in [2.24, 2.45) is 0 Å². The van der Waals surface area contributed by atoms with Crippen molar-refractivity contribution in [3.63, 3.8) is 0 Å². The van der Waals surface area contributed by atoms with Crippen LogP contribution in [0.4, 0.5) is 30.9 Å². The van der Waals surface area contributed by atoms with Crippen LogP contribution in [-0.2, 0) is 9.47 Å². The number of halogens is 2. The van der Waals surface area contributed by atoms with Gasteiger partial charge in [-0.15, -0.1) is 0 Å². The predicted molar refractivity (Wildman–Crippen MR) is 145 cm³/mol. The van der Waals surface area contributed by atoms with Crippen molar-refractivity contribution in [1.29, 1.82) is 0 Å². The molecule has 0 saturated carbocycles. The number of hydrogen-bond acceptors (Lipinski definition) is 8. The Kier molecular flexibility index (Phi) is 7.55. The summed E-state index contributed by atoms with van der Waals surface area (Å²) >= 11 is 0. The number of carbonyl (C=O) groups is 1. The number of carbonyl (C=O) groups excluding carboxylic acids is 1. The topological polar surface area (TPSA) is 83.1 Å². The van der Waals surface area contributed by atoms with E-state index in [1.165, 1.54) is 6.07 Å². The van der Waals surface area contributed by atoms with Gasteiger partial charge < -0.3 is 24.6 Å². The van der Waals surface area contributed by atoms with Gasteiger partial charge in [-0.2, -0.15) is 0 Å². The highest BCUT2D eigenvalue weighted by Crippen LogP contribution is 2.41. The van der Waals surface area contributed by atoms with Crippen LogP contribution in [0.25, 0.3) is 10.9 Å². The van der Waals surface area contributed by atoms with E-state index in [4.69, 9.17) is 14.5 Å². The smallest absolute Gasteiger partial charge is 0.410 e. The Hall–Kier alpha value is -3.57. The second-order valence-electron chi connectivity index (χ2n) is 10.7. The second-order valence-corrected chi connectivity index (χ2v) is 10.7. The van der Waals surface area contributed by atoms with Crippen molar-refractivity contribution >= 4 is 34.3 Å². The van der Waals surface area contributed by atoms with Gasteiger partial charge in [0, 0.05) is 63.2 Å². The maximum atomic E-state index is 15.5. The number of morpholine rings is 1. The van der Waals surface area contributed by atoms with Crippen molar-refractivity contribution in [3.8, 4) is 0 Å². The molecule has 2 aliphatic heterocycles. The first-order chi connectivity index (χ1) is 18.6. The summed E-state index contributed by atoms with van der Waals surface area (Å²) in [5, 5.41) is 3.53. The number of hydrogen-bond donors (Lipinski definition) is 1. The molecule has 1 unspecified atom stereocenters. The van der Waals surface area contributed by atoms with Crippen LogP contribution in [0.15, 0.2) is 36.5 Å². The highest BCUT2D eigenvalue weighted by molar-refractivity contribution is 5.98. The van der Waals surface area contributed by atoms with Gasteiger partial charge in [0.25, 0.3) is 0 Å². The van der Waals surface area contributed by atoms with Crippen LogP contribution in [0.3, 0.4) is 0 Å². The fourth-order valence-electron chi connectivity index (χ4n) is 5.03. The molecule has 0 spiro atoms. The van der Waals surface area contributed by atoms with Crippen LogP contribution in [0.1, 0.15) is 26.3 Å². The fourth-order valence-corrected chi connectivity index (χ4v) is 5.03. The van der Waals surface area contributed by atoms with Gasteiger partial charge in [0.2, 0.25) is 0 Å². The highest BCUT2D eigenvalue weighted by atomic mass is 19.1. The minimum Gasteiger partial charge on any atom is -0.444 e. The maximum Gasteiger partial charge on any atom is 0.410 e. The van der Waals surface area contributed by atoms with Crippen molar-refractivity contribution in [3.05, 3.63) is 53.7 Å². The van der Waals surface area contributed by atoms with E-state index >= 15 is 4.39 Å². The Morgan fingerprint density at radius 1 is 1.18 bits per heavy atom. The molecule has 2 saturated heterocycles. The van der Waals surface area contributed by atoms with Gasteiger partial charge in [-0.05, 0) is 39.8 Å². The van der Waals surface area contributed by atoms with E-state index in [9.17, 15) is 9.18 Å². The predicted octanol–water partition coefficient (Wildman–Crippen LogP) is 4.36. The van der Waals surface area contributed by atoms with Gasteiger partial charge in [0.05, 0.1) is 23.2 Å². The van der Waals surface area contributed by atoms with Crippen LogP contribution in [-0.4, -0.2) is 78.7 Å². The van der Waals surface area contributed by atoms with Gasteiger partial charge in [-0.3, -0.25) is 4.90 Å². The number of aromatic nitrogens is 2. The molecule has 1 N–H and O–H groups in total. The zero-order chi connectivity index (χ0) is 27.7. The summed E-state index contributed by atoms with van der Waals surface area (Å²) in [4.78, 5) is 27.5. The molecular formula is C28H34F2N6O3. The van der Waals surface area contributed by atoms with E-state index < -0.39 is 23.5 Å². The number of nitrogens with zero attached hydrogens (tertiary/aromatic N) is 5. The van der Waals surface area contributed by atoms with Crippen molar-refractivity contribution < 1.29 is 23.0 Å². The first-order valence-electron chi connectivity index (χ1n) is 13.2. The SMILES string of the molecule is Cc1c(N2CCN(C(=O)OC(C)(C)C)CC2)nc2cc(F)cc(F)c2c1N(c1ccccn1)C1CNCCO1. The molecule has 2 aromatic heterocycles. The molecular weight excluding hydrogens is 506 g/mol. The van der Waals surface area contributed by atoms with E-state index in [-0.39, 0.29) is 17.0 Å². The summed E-state index contributed by atoms with van der Waals surface area (Å²) in [5.74, 6) is -0.244. The van der Waals surface area contributed by atoms with Crippen LogP contribution < -0.4 is 15.1 Å². The van der Waals surface area contributed by atoms with Crippen LogP contribution in [0, 0.1) is 18.6 Å². The molecule has 1 aromatic carbocycles. The van der Waals surface area contributed by atoms with Crippen LogP contribution in [0.2, 0.25) is 0 Å². The number of amides is 1. The Morgan fingerprint density at radius 3 is 2.59 bits per heavy atom. The average Bonchev–Trinajstić information content (AvgIpc) is 2.90. The summed E-state index contributed by atoms with van der Waals surface area (Å²) < 4.78 is 41.6. The molecule has 39 heavy (non-hydrogen) atoms. The molecule has 0 aliphatic carbocycles. The molecule has 9 nitrogen and oxygen atoms in total. The molecule has 3 aromatic rings. The van der Waals surface area contributed by atoms with Gasteiger partial charge in [-0.1, -0.05) is 6.07 Å². The van der Waals surface area contributed by atoms with Crippen molar-refractivity contribution in [2.45, 2.75) is 39.5 Å². The minimum atomic E-state index is -0.707. The number of pyridine rings is 2. The third-order valence-corrected chi connectivity index (χ3v) is 6.75. The molecule has 1 atom stereocenters. The standard InChI is InChI=1S/C28H34F2N6O3/c1-18-25(36(22-7-5-6-8-32-22)23-17-31-9-14-38-23)24-20(30)15-19(29)16-21(24)33-26(18)34-10-12-35(13-11-34)27(37)39-28(2,3)4/h5-8,15-16,23,31H,9-14,17H2,1-4H3. The lowest BCUT2D eigenvalue weighted by Gasteiger charge is -2.39. The Balaban J connectivity index is 1.59. The molecule has 1 amide bonds. The third-order valence-electron chi connectivity index (χ3n) is 6.75. The molecule has 2 fully saturated rings. The zero-order valence-electron chi connectivity index (χ0n) is 22.7. The number of nitrogens with one attached hydrogen (secondary N) is 1. The minimum absolute atomic E-state index is 0.197. The number of rotatable bonds is 4.